The van der Waals surface area contributed by atoms with Crippen LogP contribution in [-0.4, -0.2) is 46.8 Å². The van der Waals surface area contributed by atoms with E-state index in [-0.39, 0.29) is 6.04 Å². The lowest BCUT2D eigenvalue weighted by molar-refractivity contribution is -0.144. The Balaban J connectivity index is 1.64. The van der Waals surface area contributed by atoms with Crippen molar-refractivity contribution in [3.05, 3.63) is 36.1 Å². The maximum absolute atomic E-state index is 11.9. The van der Waals surface area contributed by atoms with Crippen molar-refractivity contribution in [2.75, 3.05) is 13.1 Å². The van der Waals surface area contributed by atoms with Gasteiger partial charge in [-0.1, -0.05) is 18.2 Å². The molecule has 2 aromatic rings. The molecule has 1 fully saturated rings. The number of carboxylic acid groups (broad SMARTS) is 1. The number of para-hydroxylation sites is 1. The zero-order chi connectivity index (χ0) is 19.6. The highest BCUT2D eigenvalue weighted by Crippen LogP contribution is 2.30. The Morgan fingerprint density at radius 1 is 1.26 bits per heavy atom. The number of rotatable bonds is 4. The van der Waals surface area contributed by atoms with Gasteiger partial charge in [0.15, 0.2) is 6.04 Å². The zero-order valence-electron chi connectivity index (χ0n) is 15.9. The first kappa shape index (κ1) is 19.2. The van der Waals surface area contributed by atoms with Gasteiger partial charge in [0, 0.05) is 24.5 Å². The van der Waals surface area contributed by atoms with E-state index >= 15 is 0 Å². The molecule has 0 unspecified atom stereocenters. The lowest BCUT2D eigenvalue weighted by Crippen LogP contribution is -2.48. The number of nitrogens with one attached hydrogen (secondary N) is 1. The van der Waals surface area contributed by atoms with Crippen LogP contribution in [0.1, 0.15) is 45.4 Å². The number of ether oxygens (including phenoxy) is 1. The van der Waals surface area contributed by atoms with E-state index in [9.17, 15) is 14.7 Å². The van der Waals surface area contributed by atoms with Gasteiger partial charge in [0.05, 0.1) is 0 Å². The number of amides is 1. The van der Waals surface area contributed by atoms with E-state index in [1.807, 2.05) is 49.9 Å². The number of fused-ring (bicyclic) bond motifs is 1. The van der Waals surface area contributed by atoms with Gasteiger partial charge in [-0.2, -0.15) is 0 Å². The third-order valence-electron chi connectivity index (χ3n) is 4.56. The van der Waals surface area contributed by atoms with E-state index in [2.05, 4.69) is 5.32 Å². The summed E-state index contributed by atoms with van der Waals surface area (Å²) in [5.74, 6) is -0.505. The van der Waals surface area contributed by atoms with Crippen LogP contribution in [0.15, 0.2) is 34.7 Å². The minimum atomic E-state index is -0.937. The maximum Gasteiger partial charge on any atom is 0.407 e. The predicted molar refractivity (Wildman–Crippen MR) is 101 cm³/mol. The number of nitrogens with zero attached hydrogens (tertiary/aromatic N) is 1. The van der Waals surface area contributed by atoms with Gasteiger partial charge in [0.2, 0.25) is 0 Å². The number of hydrogen-bond acceptors (Lipinski definition) is 5. The lowest BCUT2D eigenvalue weighted by atomic mass is 10.0. The van der Waals surface area contributed by atoms with E-state index in [4.69, 9.17) is 9.15 Å². The van der Waals surface area contributed by atoms with Crippen LogP contribution in [0.3, 0.4) is 0 Å². The SMILES string of the molecule is CC(C)(C)OC(=O)NC1CCN([C@H](C(=O)O)c2cc3ccccc3o2)CC1. The van der Waals surface area contributed by atoms with Gasteiger partial charge in [-0.05, 0) is 45.7 Å². The van der Waals surface area contributed by atoms with Crippen LogP contribution in [0, 0.1) is 0 Å². The first-order valence-electron chi connectivity index (χ1n) is 9.18. The topological polar surface area (TPSA) is 92.0 Å². The van der Waals surface area contributed by atoms with Crippen LogP contribution in [0.25, 0.3) is 11.0 Å². The van der Waals surface area contributed by atoms with Gasteiger partial charge in [-0.25, -0.2) is 4.79 Å². The highest BCUT2D eigenvalue weighted by molar-refractivity contribution is 5.81. The number of benzene rings is 1. The summed E-state index contributed by atoms with van der Waals surface area (Å²) in [5.41, 5.74) is 0.140. The van der Waals surface area contributed by atoms with Crippen LogP contribution in [0.5, 0.6) is 0 Å². The van der Waals surface area contributed by atoms with Crippen molar-refractivity contribution in [2.45, 2.75) is 51.3 Å². The summed E-state index contributed by atoms with van der Waals surface area (Å²) in [5, 5.41) is 13.5. The smallest absolute Gasteiger partial charge is 0.407 e. The van der Waals surface area contributed by atoms with Crippen LogP contribution in [0.4, 0.5) is 4.79 Å². The minimum Gasteiger partial charge on any atom is -0.480 e. The van der Waals surface area contributed by atoms with Crippen molar-refractivity contribution >= 4 is 23.0 Å². The first-order valence-corrected chi connectivity index (χ1v) is 9.18. The molecule has 1 aliphatic rings. The molecule has 0 spiro atoms. The lowest BCUT2D eigenvalue weighted by Gasteiger charge is -2.35. The number of aliphatic carboxylic acids is 1. The Bertz CT molecular complexity index is 782. The first-order chi connectivity index (χ1) is 12.7. The van der Waals surface area contributed by atoms with Crippen molar-refractivity contribution < 1.29 is 23.8 Å². The van der Waals surface area contributed by atoms with Crippen LogP contribution < -0.4 is 5.32 Å². The number of likely N-dealkylation sites (tertiary alicyclic amines) is 1. The molecule has 0 bridgehead atoms. The summed E-state index contributed by atoms with van der Waals surface area (Å²) >= 11 is 0. The zero-order valence-corrected chi connectivity index (χ0v) is 15.9. The average Bonchev–Trinajstić information content (AvgIpc) is 2.97. The minimum absolute atomic E-state index is 0.0266. The molecule has 2 N–H and O–H groups in total. The van der Waals surface area contributed by atoms with Crippen molar-refractivity contribution in [1.82, 2.24) is 10.2 Å². The van der Waals surface area contributed by atoms with Crippen molar-refractivity contribution in [3.63, 3.8) is 0 Å². The highest BCUT2D eigenvalue weighted by atomic mass is 16.6. The van der Waals surface area contributed by atoms with Gasteiger partial charge in [-0.3, -0.25) is 9.69 Å². The molecule has 0 radical (unpaired) electrons. The highest BCUT2D eigenvalue weighted by Gasteiger charge is 2.34. The Kier molecular flexibility index (Phi) is 5.41. The molecule has 146 valence electrons. The largest absolute Gasteiger partial charge is 0.480 e. The van der Waals surface area contributed by atoms with Crippen LogP contribution in [-0.2, 0) is 9.53 Å². The molecule has 0 aliphatic carbocycles. The van der Waals surface area contributed by atoms with E-state index < -0.39 is 23.7 Å². The molecular formula is C20H26N2O5. The third kappa shape index (κ3) is 4.80. The summed E-state index contributed by atoms with van der Waals surface area (Å²) in [4.78, 5) is 25.7. The molecule has 1 aliphatic heterocycles. The van der Waals surface area contributed by atoms with Gasteiger partial charge >= 0.3 is 12.1 Å². The summed E-state index contributed by atoms with van der Waals surface area (Å²) in [6.07, 6.45) is 0.875. The van der Waals surface area contributed by atoms with Gasteiger partial charge in [-0.15, -0.1) is 0 Å². The number of carbonyl (C=O) groups is 2. The molecule has 3 rings (SSSR count). The molecule has 1 saturated heterocycles. The normalized spacial score (nSPS) is 17.6. The number of piperidine rings is 1. The summed E-state index contributed by atoms with van der Waals surface area (Å²) in [6.45, 7) is 6.56. The Morgan fingerprint density at radius 3 is 2.52 bits per heavy atom. The van der Waals surface area contributed by atoms with E-state index in [1.54, 1.807) is 6.07 Å². The summed E-state index contributed by atoms with van der Waals surface area (Å²) in [6, 6.07) is 8.41. The second-order valence-corrected chi connectivity index (χ2v) is 7.88. The Labute approximate surface area is 158 Å². The van der Waals surface area contributed by atoms with Crippen molar-refractivity contribution in [1.29, 1.82) is 0 Å². The van der Waals surface area contributed by atoms with E-state index in [0.29, 0.717) is 37.3 Å². The molecule has 27 heavy (non-hydrogen) atoms. The molecule has 7 nitrogen and oxygen atoms in total. The molecule has 1 amide bonds. The van der Waals surface area contributed by atoms with Gasteiger partial charge in [0.1, 0.15) is 16.9 Å². The monoisotopic (exact) mass is 374 g/mol. The third-order valence-corrected chi connectivity index (χ3v) is 4.56. The van der Waals surface area contributed by atoms with E-state index in [0.717, 1.165) is 5.39 Å². The van der Waals surface area contributed by atoms with Gasteiger partial charge in [0.25, 0.3) is 0 Å². The average molecular weight is 374 g/mol. The summed E-state index contributed by atoms with van der Waals surface area (Å²) in [7, 11) is 0. The molecule has 1 aromatic carbocycles. The molecule has 0 saturated carbocycles. The standard InChI is InChI=1S/C20H26N2O5/c1-20(2,3)27-19(25)21-14-8-10-22(11-9-14)17(18(23)24)16-12-13-6-4-5-7-15(13)26-16/h4-7,12,14,17H,8-11H2,1-3H3,(H,21,25)(H,23,24)/t17-/m0/s1. The number of furan rings is 1. The fourth-order valence-electron chi connectivity index (χ4n) is 3.37. The van der Waals surface area contributed by atoms with Gasteiger partial charge < -0.3 is 19.6 Å². The predicted octanol–water partition coefficient (Wildman–Crippen LogP) is 3.55. The van der Waals surface area contributed by atoms with Crippen LogP contribution >= 0.6 is 0 Å². The molecule has 2 heterocycles. The maximum atomic E-state index is 11.9. The quantitative estimate of drug-likeness (QED) is 0.850. The van der Waals surface area contributed by atoms with Crippen LogP contribution in [0.2, 0.25) is 0 Å². The molecule has 7 heteroatoms. The molecular weight excluding hydrogens is 348 g/mol. The Morgan fingerprint density at radius 2 is 1.93 bits per heavy atom. The number of alkyl carbamates (subject to hydrolysis) is 1. The van der Waals surface area contributed by atoms with Crippen molar-refractivity contribution in [3.8, 4) is 0 Å². The fourth-order valence-corrected chi connectivity index (χ4v) is 3.37. The number of hydrogen-bond donors (Lipinski definition) is 2. The molecule has 1 atom stereocenters. The van der Waals surface area contributed by atoms with Crippen molar-refractivity contribution in [2.24, 2.45) is 0 Å². The second-order valence-electron chi connectivity index (χ2n) is 7.88. The summed E-state index contributed by atoms with van der Waals surface area (Å²) < 4.78 is 11.1. The van der Waals surface area contributed by atoms with E-state index in [1.165, 1.54) is 0 Å². The number of carboxylic acids is 1. The fraction of sp³-hybridized carbons (Fsp3) is 0.500. The Hall–Kier alpha value is -2.54. The number of carbonyl (C=O) groups excluding carboxylic acids is 1. The molecule has 1 aromatic heterocycles. The second kappa shape index (κ2) is 7.60.